The molecule has 0 aromatic heterocycles. The molecule has 9 heteroatoms. The summed E-state index contributed by atoms with van der Waals surface area (Å²) < 4.78 is 17.6. The van der Waals surface area contributed by atoms with Crippen LogP contribution in [-0.4, -0.2) is 41.7 Å². The van der Waals surface area contributed by atoms with Gasteiger partial charge in [0, 0.05) is 17.9 Å². The molecular weight excluding hydrogens is 476 g/mol. The average Bonchev–Trinajstić information content (AvgIpc) is 3.48. The van der Waals surface area contributed by atoms with Gasteiger partial charge in [0.2, 0.25) is 11.8 Å². The summed E-state index contributed by atoms with van der Waals surface area (Å²) in [5.41, 5.74) is -1.24. The zero-order valence-corrected chi connectivity index (χ0v) is 20.5. The molecular formula is C28H26N2O7. The number of hydrogen-bond acceptors (Lipinski definition) is 7. The van der Waals surface area contributed by atoms with Crippen molar-refractivity contribution in [2.45, 2.75) is 37.4 Å². The Kier molecular flexibility index (Phi) is 5.24. The number of fused-ring (bicyclic) bond motifs is 6. The van der Waals surface area contributed by atoms with Gasteiger partial charge in [-0.05, 0) is 56.2 Å². The smallest absolute Gasteiger partial charge is 0.277 e. The van der Waals surface area contributed by atoms with E-state index in [0.29, 0.717) is 48.1 Å². The Labute approximate surface area is 213 Å². The van der Waals surface area contributed by atoms with Crippen molar-refractivity contribution < 1.29 is 28.7 Å². The van der Waals surface area contributed by atoms with Gasteiger partial charge in [0.25, 0.3) is 5.69 Å². The molecule has 0 spiro atoms. The van der Waals surface area contributed by atoms with Crippen LogP contribution in [0.4, 0.5) is 11.4 Å². The molecule has 3 aromatic rings. The van der Waals surface area contributed by atoms with Gasteiger partial charge in [-0.15, -0.1) is 0 Å². The van der Waals surface area contributed by atoms with Gasteiger partial charge in [-0.1, -0.05) is 18.2 Å². The van der Waals surface area contributed by atoms with E-state index in [4.69, 9.17) is 14.2 Å². The molecule has 9 nitrogen and oxygen atoms in total. The number of carbonyl (C=O) groups excluding carboxylic acids is 2. The SMILES string of the molecule is COc1ccc(OCCC23CCC(C)(O2)C2C(=O)N(c4ccc([N+](=O)[O-])c5ccccc45)C(=O)C23)cc1. The molecule has 2 bridgehead atoms. The highest BCUT2D eigenvalue weighted by molar-refractivity contribution is 6.26. The number of amides is 2. The number of ether oxygens (including phenoxy) is 3. The third-order valence-electron chi connectivity index (χ3n) is 8.18. The Morgan fingerprint density at radius 2 is 1.65 bits per heavy atom. The summed E-state index contributed by atoms with van der Waals surface area (Å²) in [5, 5.41) is 12.5. The van der Waals surface area contributed by atoms with Crippen LogP contribution < -0.4 is 14.4 Å². The molecule has 3 aliphatic rings. The Hall–Kier alpha value is -3.98. The second-order valence-electron chi connectivity index (χ2n) is 10.1. The maximum atomic E-state index is 13.9. The molecule has 37 heavy (non-hydrogen) atoms. The number of nitrogens with zero attached hydrogens (tertiary/aromatic N) is 2. The van der Waals surface area contributed by atoms with Gasteiger partial charge in [0.05, 0.1) is 52.8 Å². The maximum absolute atomic E-state index is 13.9. The van der Waals surface area contributed by atoms with Crippen molar-refractivity contribution in [3.05, 3.63) is 70.8 Å². The lowest BCUT2D eigenvalue weighted by Crippen LogP contribution is -2.43. The Morgan fingerprint density at radius 1 is 0.973 bits per heavy atom. The predicted molar refractivity (Wildman–Crippen MR) is 135 cm³/mol. The van der Waals surface area contributed by atoms with E-state index in [1.165, 1.54) is 17.0 Å². The van der Waals surface area contributed by atoms with E-state index in [0.717, 1.165) is 5.75 Å². The Balaban J connectivity index is 1.31. The van der Waals surface area contributed by atoms with E-state index in [2.05, 4.69) is 0 Å². The Bertz CT molecular complexity index is 1440. The number of imide groups is 1. The maximum Gasteiger partial charge on any atom is 0.277 e. The van der Waals surface area contributed by atoms with Crippen molar-refractivity contribution in [2.24, 2.45) is 11.8 Å². The summed E-state index contributed by atoms with van der Waals surface area (Å²) in [6.45, 7) is 2.24. The molecule has 3 fully saturated rings. The van der Waals surface area contributed by atoms with Crippen molar-refractivity contribution in [3.63, 3.8) is 0 Å². The highest BCUT2D eigenvalue weighted by Gasteiger charge is 2.73. The van der Waals surface area contributed by atoms with Crippen LogP contribution in [0.25, 0.3) is 10.8 Å². The quantitative estimate of drug-likeness (QED) is 0.263. The molecule has 3 heterocycles. The van der Waals surface area contributed by atoms with Gasteiger partial charge in [-0.25, -0.2) is 4.90 Å². The van der Waals surface area contributed by atoms with Gasteiger partial charge in [0.1, 0.15) is 11.5 Å². The summed E-state index contributed by atoms with van der Waals surface area (Å²) >= 11 is 0. The lowest BCUT2D eigenvalue weighted by Gasteiger charge is -2.31. The third-order valence-corrected chi connectivity index (χ3v) is 8.18. The fourth-order valence-electron chi connectivity index (χ4n) is 6.48. The minimum absolute atomic E-state index is 0.0684. The number of rotatable bonds is 7. The molecule has 190 valence electrons. The molecule has 0 N–H and O–H groups in total. The van der Waals surface area contributed by atoms with Crippen LogP contribution in [0.1, 0.15) is 26.2 Å². The zero-order chi connectivity index (χ0) is 25.9. The number of benzene rings is 3. The summed E-state index contributed by atoms with van der Waals surface area (Å²) in [6, 6.07) is 16.9. The monoisotopic (exact) mass is 502 g/mol. The lowest BCUT2D eigenvalue weighted by atomic mass is 9.67. The standard InChI is InChI=1S/C28H26N2O7/c1-27-13-14-28(37-27,15-16-36-18-9-7-17(35-2)8-10-18)24-23(27)25(31)29(26(24)32)21-11-12-22(30(33)34)20-6-4-3-5-19(20)21/h3-12,23-24H,13-16H2,1-2H3. The van der Waals surface area contributed by atoms with E-state index in [1.54, 1.807) is 31.4 Å². The minimum atomic E-state index is -0.802. The van der Waals surface area contributed by atoms with Crippen LogP contribution >= 0.6 is 0 Å². The number of hydrogen-bond donors (Lipinski definition) is 0. The minimum Gasteiger partial charge on any atom is -0.497 e. The van der Waals surface area contributed by atoms with E-state index < -0.39 is 28.0 Å². The Morgan fingerprint density at radius 3 is 2.35 bits per heavy atom. The molecule has 3 aromatic carbocycles. The van der Waals surface area contributed by atoms with E-state index in [1.807, 2.05) is 31.2 Å². The highest BCUT2D eigenvalue weighted by Crippen LogP contribution is 2.62. The molecule has 4 unspecified atom stereocenters. The van der Waals surface area contributed by atoms with Crippen LogP contribution in [0.3, 0.4) is 0 Å². The number of methoxy groups -OCH3 is 1. The molecule has 0 radical (unpaired) electrons. The van der Waals surface area contributed by atoms with Crippen LogP contribution in [0.2, 0.25) is 0 Å². The van der Waals surface area contributed by atoms with Crippen LogP contribution in [-0.2, 0) is 14.3 Å². The van der Waals surface area contributed by atoms with Crippen molar-refractivity contribution >= 4 is 34.0 Å². The van der Waals surface area contributed by atoms with E-state index in [-0.39, 0.29) is 17.5 Å². The van der Waals surface area contributed by atoms with Gasteiger partial charge in [0.15, 0.2) is 0 Å². The normalized spacial score (nSPS) is 28.1. The van der Waals surface area contributed by atoms with Crippen LogP contribution in [0.5, 0.6) is 11.5 Å². The molecule has 0 aliphatic carbocycles. The fraction of sp³-hybridized carbons (Fsp3) is 0.357. The summed E-state index contributed by atoms with van der Waals surface area (Å²) in [4.78, 5) is 40.1. The van der Waals surface area contributed by atoms with Crippen LogP contribution in [0, 0.1) is 22.0 Å². The van der Waals surface area contributed by atoms with Gasteiger partial charge in [-0.2, -0.15) is 0 Å². The first-order valence-electron chi connectivity index (χ1n) is 12.3. The van der Waals surface area contributed by atoms with Crippen LogP contribution in [0.15, 0.2) is 60.7 Å². The van der Waals surface area contributed by atoms with E-state index in [9.17, 15) is 19.7 Å². The number of non-ortho nitro benzene ring substituents is 1. The number of anilines is 1. The van der Waals surface area contributed by atoms with E-state index >= 15 is 0 Å². The third kappa shape index (κ3) is 3.41. The number of carbonyl (C=O) groups is 2. The first kappa shape index (κ1) is 23.4. The number of nitro benzene ring substituents is 1. The lowest BCUT2D eigenvalue weighted by molar-refractivity contribution is -0.383. The zero-order valence-electron chi connectivity index (χ0n) is 20.5. The van der Waals surface area contributed by atoms with Gasteiger partial charge < -0.3 is 14.2 Å². The fourth-order valence-corrected chi connectivity index (χ4v) is 6.48. The van der Waals surface area contributed by atoms with Gasteiger partial charge in [-0.3, -0.25) is 19.7 Å². The van der Waals surface area contributed by atoms with Gasteiger partial charge >= 0.3 is 0 Å². The molecule has 0 saturated carbocycles. The summed E-state index contributed by atoms with van der Waals surface area (Å²) in [7, 11) is 1.60. The van der Waals surface area contributed by atoms with Crippen molar-refractivity contribution in [2.75, 3.05) is 18.6 Å². The topological polar surface area (TPSA) is 108 Å². The summed E-state index contributed by atoms with van der Waals surface area (Å²) in [5.74, 6) is -0.458. The molecule has 3 aliphatic heterocycles. The summed E-state index contributed by atoms with van der Waals surface area (Å²) in [6.07, 6.45) is 1.79. The first-order chi connectivity index (χ1) is 17.8. The average molecular weight is 503 g/mol. The predicted octanol–water partition coefficient (Wildman–Crippen LogP) is 4.65. The largest absolute Gasteiger partial charge is 0.497 e. The molecule has 2 amide bonds. The molecule has 4 atom stereocenters. The first-order valence-corrected chi connectivity index (χ1v) is 12.3. The second-order valence-corrected chi connectivity index (χ2v) is 10.1. The molecule has 6 rings (SSSR count). The second kappa shape index (κ2) is 8.27. The number of nitro groups is 1. The van der Waals surface area contributed by atoms with Crippen molar-refractivity contribution in [1.82, 2.24) is 0 Å². The van der Waals surface area contributed by atoms with Crippen molar-refractivity contribution in [3.8, 4) is 11.5 Å². The van der Waals surface area contributed by atoms with Crippen molar-refractivity contribution in [1.29, 1.82) is 0 Å². The highest BCUT2D eigenvalue weighted by atomic mass is 16.6. The molecule has 3 saturated heterocycles.